The number of aryl methyl sites for hydroxylation is 1. The van der Waals surface area contributed by atoms with Crippen LogP contribution in [0, 0.1) is 6.92 Å². The molecular weight excluding hydrogens is 240 g/mol. The summed E-state index contributed by atoms with van der Waals surface area (Å²) in [7, 11) is 1.35. The molecule has 0 aliphatic rings. The van der Waals surface area contributed by atoms with E-state index < -0.39 is 0 Å². The number of methoxy groups -OCH3 is 1. The molecule has 1 amide bonds. The van der Waals surface area contributed by atoms with Crippen LogP contribution in [0.2, 0.25) is 0 Å². The quantitative estimate of drug-likeness (QED) is 0.817. The molecule has 0 saturated carbocycles. The molecule has 94 valence electrons. The fraction of sp³-hybridized carbons (Fsp3) is 0.545. The minimum Gasteiger partial charge on any atom is -0.469 e. The molecule has 0 aliphatic carbocycles. The maximum atomic E-state index is 11.4. The molecule has 0 spiro atoms. The van der Waals surface area contributed by atoms with Gasteiger partial charge in [0, 0.05) is 11.3 Å². The van der Waals surface area contributed by atoms with Gasteiger partial charge in [-0.2, -0.15) is 0 Å². The number of carbonyl (C=O) groups is 2. The molecule has 0 fully saturated rings. The summed E-state index contributed by atoms with van der Waals surface area (Å²) in [6, 6.07) is 0. The van der Waals surface area contributed by atoms with Crippen LogP contribution >= 0.6 is 11.3 Å². The fourth-order valence-electron chi connectivity index (χ4n) is 1.26. The molecule has 5 nitrogen and oxygen atoms in total. The zero-order valence-corrected chi connectivity index (χ0v) is 11.0. The van der Waals surface area contributed by atoms with Crippen LogP contribution in [0.1, 0.15) is 30.3 Å². The maximum Gasteiger partial charge on any atom is 0.310 e. The minimum atomic E-state index is -0.303. The van der Waals surface area contributed by atoms with E-state index in [1.54, 1.807) is 0 Å². The first kappa shape index (κ1) is 13.6. The van der Waals surface area contributed by atoms with Crippen LogP contribution in [0.25, 0.3) is 0 Å². The molecule has 1 rings (SSSR count). The highest BCUT2D eigenvalue weighted by Gasteiger charge is 2.13. The van der Waals surface area contributed by atoms with Crippen LogP contribution in [-0.4, -0.2) is 24.0 Å². The van der Waals surface area contributed by atoms with E-state index in [4.69, 9.17) is 0 Å². The van der Waals surface area contributed by atoms with E-state index in [9.17, 15) is 9.59 Å². The third kappa shape index (κ3) is 4.14. The Hall–Kier alpha value is -1.43. The molecule has 0 aliphatic heterocycles. The van der Waals surface area contributed by atoms with Crippen molar-refractivity contribution in [3.05, 3.63) is 10.6 Å². The summed E-state index contributed by atoms with van der Waals surface area (Å²) < 4.78 is 4.59. The normalized spacial score (nSPS) is 10.1. The first-order valence-electron chi connectivity index (χ1n) is 5.39. The molecule has 6 heteroatoms. The van der Waals surface area contributed by atoms with Crippen molar-refractivity contribution in [2.75, 3.05) is 12.4 Å². The van der Waals surface area contributed by atoms with E-state index in [1.807, 2.05) is 13.8 Å². The van der Waals surface area contributed by atoms with Crippen molar-refractivity contribution in [2.45, 2.75) is 33.1 Å². The summed E-state index contributed by atoms with van der Waals surface area (Å²) in [4.78, 5) is 27.5. The smallest absolute Gasteiger partial charge is 0.310 e. The molecule has 0 radical (unpaired) electrons. The van der Waals surface area contributed by atoms with Crippen LogP contribution in [0.3, 0.4) is 0 Å². The predicted molar refractivity (Wildman–Crippen MR) is 66.1 cm³/mol. The zero-order chi connectivity index (χ0) is 12.8. The Bertz CT molecular complexity index is 415. The first-order chi connectivity index (χ1) is 8.06. The van der Waals surface area contributed by atoms with E-state index in [0.717, 1.165) is 17.0 Å². The summed E-state index contributed by atoms with van der Waals surface area (Å²) >= 11 is 1.31. The highest BCUT2D eigenvalue weighted by atomic mass is 32.1. The third-order valence-electron chi connectivity index (χ3n) is 2.15. The number of nitrogens with zero attached hydrogens (tertiary/aromatic N) is 1. The summed E-state index contributed by atoms with van der Waals surface area (Å²) in [6.07, 6.45) is 1.47. The molecule has 1 N–H and O–H groups in total. The van der Waals surface area contributed by atoms with Crippen molar-refractivity contribution in [1.29, 1.82) is 0 Å². The number of ether oxygens (including phenoxy) is 1. The van der Waals surface area contributed by atoms with Crippen molar-refractivity contribution in [3.8, 4) is 0 Å². The average molecular weight is 256 g/mol. The standard InChI is InChI=1S/C11H16N2O3S/c1-4-5-9(14)13-11-12-7(2)8(17-11)6-10(15)16-3/h4-6H2,1-3H3,(H,12,13,14). The lowest BCUT2D eigenvalue weighted by Crippen LogP contribution is -2.10. The van der Waals surface area contributed by atoms with Gasteiger partial charge in [0.25, 0.3) is 0 Å². The fourth-order valence-corrected chi connectivity index (χ4v) is 2.22. The van der Waals surface area contributed by atoms with Crippen molar-refractivity contribution >= 4 is 28.3 Å². The highest BCUT2D eigenvalue weighted by molar-refractivity contribution is 7.16. The zero-order valence-electron chi connectivity index (χ0n) is 10.2. The van der Waals surface area contributed by atoms with Gasteiger partial charge in [-0.05, 0) is 13.3 Å². The molecule has 1 aromatic rings. The molecular formula is C11H16N2O3S. The van der Waals surface area contributed by atoms with Crippen LogP contribution < -0.4 is 5.32 Å². The number of anilines is 1. The maximum absolute atomic E-state index is 11.4. The number of hydrogen-bond acceptors (Lipinski definition) is 5. The highest BCUT2D eigenvalue weighted by Crippen LogP contribution is 2.23. The molecule has 1 heterocycles. The van der Waals surface area contributed by atoms with Gasteiger partial charge in [-0.15, -0.1) is 11.3 Å². The van der Waals surface area contributed by atoms with Gasteiger partial charge in [0.2, 0.25) is 5.91 Å². The number of amides is 1. The van der Waals surface area contributed by atoms with E-state index in [2.05, 4.69) is 15.0 Å². The van der Waals surface area contributed by atoms with E-state index in [0.29, 0.717) is 11.6 Å². The van der Waals surface area contributed by atoms with E-state index in [-0.39, 0.29) is 18.3 Å². The Kier molecular flexibility index (Phi) is 5.09. The minimum absolute atomic E-state index is 0.0501. The molecule has 0 saturated heterocycles. The van der Waals surface area contributed by atoms with Gasteiger partial charge in [0.05, 0.1) is 19.2 Å². The van der Waals surface area contributed by atoms with Gasteiger partial charge in [-0.3, -0.25) is 9.59 Å². The van der Waals surface area contributed by atoms with Crippen LogP contribution in [0.5, 0.6) is 0 Å². The topological polar surface area (TPSA) is 68.3 Å². The summed E-state index contributed by atoms with van der Waals surface area (Å²) in [6.45, 7) is 3.75. The number of nitrogens with one attached hydrogen (secondary N) is 1. The number of thiazole rings is 1. The number of rotatable bonds is 5. The Morgan fingerprint density at radius 3 is 2.76 bits per heavy atom. The first-order valence-corrected chi connectivity index (χ1v) is 6.21. The number of aromatic nitrogens is 1. The third-order valence-corrected chi connectivity index (χ3v) is 3.22. The number of esters is 1. The van der Waals surface area contributed by atoms with Crippen molar-refractivity contribution in [1.82, 2.24) is 4.98 Å². The second-order valence-corrected chi connectivity index (χ2v) is 4.66. The van der Waals surface area contributed by atoms with Gasteiger partial charge in [-0.25, -0.2) is 4.98 Å². The van der Waals surface area contributed by atoms with Crippen LogP contribution in [-0.2, 0) is 20.7 Å². The number of hydrogen-bond donors (Lipinski definition) is 1. The summed E-state index contributed by atoms with van der Waals surface area (Å²) in [5.74, 6) is -0.353. The second-order valence-electron chi connectivity index (χ2n) is 3.58. The van der Waals surface area contributed by atoms with E-state index >= 15 is 0 Å². The molecule has 1 aromatic heterocycles. The molecule has 0 bridgehead atoms. The van der Waals surface area contributed by atoms with Gasteiger partial charge in [0.1, 0.15) is 0 Å². The SMILES string of the molecule is CCCC(=O)Nc1nc(C)c(CC(=O)OC)s1. The lowest BCUT2D eigenvalue weighted by Gasteiger charge is -1.98. The Balaban J connectivity index is 2.67. The largest absolute Gasteiger partial charge is 0.469 e. The molecule has 17 heavy (non-hydrogen) atoms. The summed E-state index contributed by atoms with van der Waals surface area (Å²) in [5, 5.41) is 3.25. The predicted octanol–water partition coefficient (Wildman–Crippen LogP) is 1.91. The lowest BCUT2D eigenvalue weighted by molar-refractivity contribution is -0.139. The van der Waals surface area contributed by atoms with Crippen LogP contribution in [0.4, 0.5) is 5.13 Å². The Morgan fingerprint density at radius 1 is 1.47 bits per heavy atom. The van der Waals surface area contributed by atoms with Crippen molar-refractivity contribution in [3.63, 3.8) is 0 Å². The van der Waals surface area contributed by atoms with Gasteiger partial charge in [0.15, 0.2) is 5.13 Å². The Labute approximate surface area is 104 Å². The van der Waals surface area contributed by atoms with Gasteiger partial charge in [-0.1, -0.05) is 6.92 Å². The van der Waals surface area contributed by atoms with Gasteiger partial charge < -0.3 is 10.1 Å². The second kappa shape index (κ2) is 6.34. The average Bonchev–Trinajstić information content (AvgIpc) is 2.59. The van der Waals surface area contributed by atoms with Crippen LogP contribution in [0.15, 0.2) is 0 Å². The van der Waals surface area contributed by atoms with Crippen molar-refractivity contribution < 1.29 is 14.3 Å². The monoisotopic (exact) mass is 256 g/mol. The Morgan fingerprint density at radius 2 is 2.18 bits per heavy atom. The molecule has 0 aromatic carbocycles. The van der Waals surface area contributed by atoms with Gasteiger partial charge >= 0.3 is 5.97 Å². The van der Waals surface area contributed by atoms with E-state index in [1.165, 1.54) is 18.4 Å². The lowest BCUT2D eigenvalue weighted by atomic mass is 10.3. The molecule has 0 unspecified atom stereocenters. The molecule has 0 atom stereocenters. The number of carbonyl (C=O) groups excluding carboxylic acids is 2. The summed E-state index contributed by atoms with van der Waals surface area (Å²) in [5.41, 5.74) is 0.757. The van der Waals surface area contributed by atoms with Crippen molar-refractivity contribution in [2.24, 2.45) is 0 Å².